The zero-order valence-electron chi connectivity index (χ0n) is 14.5. The van der Waals surface area contributed by atoms with E-state index in [1.807, 2.05) is 12.1 Å². The lowest BCUT2D eigenvalue weighted by Crippen LogP contribution is -2.20. The largest absolute Gasteiger partial charge is 0.465 e. The number of nitrogens with zero attached hydrogens (tertiary/aromatic N) is 2. The quantitative estimate of drug-likeness (QED) is 0.629. The number of carbonyl (C=O) groups is 1. The third kappa shape index (κ3) is 4.68. The third-order valence-corrected chi connectivity index (χ3v) is 4.44. The molecule has 0 unspecified atom stereocenters. The van der Waals surface area contributed by atoms with Crippen molar-refractivity contribution in [1.82, 2.24) is 9.97 Å². The van der Waals surface area contributed by atoms with Gasteiger partial charge >= 0.3 is 5.97 Å². The van der Waals surface area contributed by atoms with Crippen molar-refractivity contribution in [2.75, 3.05) is 17.7 Å². The fourth-order valence-corrected chi connectivity index (χ4v) is 3.12. The summed E-state index contributed by atoms with van der Waals surface area (Å²) in [6.45, 7) is 0. The first-order chi connectivity index (χ1) is 12.3. The van der Waals surface area contributed by atoms with Crippen LogP contribution in [0.25, 0.3) is 0 Å². The van der Waals surface area contributed by atoms with Crippen molar-refractivity contribution in [3.05, 3.63) is 42.1 Å². The summed E-state index contributed by atoms with van der Waals surface area (Å²) in [6, 6.07) is 9.43. The van der Waals surface area contributed by atoms with Crippen LogP contribution >= 0.6 is 0 Å². The Hall–Kier alpha value is -2.63. The number of carbonyl (C=O) groups excluding carboxylic acids is 1. The molecule has 1 aromatic heterocycles. The molecule has 0 aliphatic heterocycles. The molecule has 0 bridgehead atoms. The van der Waals surface area contributed by atoms with E-state index < -0.39 is 0 Å². The number of anilines is 3. The maximum Gasteiger partial charge on any atom is 0.339 e. The molecule has 1 aromatic carbocycles. The van der Waals surface area contributed by atoms with Crippen molar-refractivity contribution >= 4 is 23.4 Å². The number of hydrogen-bond donors (Lipinski definition) is 2. The van der Waals surface area contributed by atoms with Crippen LogP contribution in [0.4, 0.5) is 17.5 Å². The lowest BCUT2D eigenvalue weighted by atomic mass is 10.1. The molecule has 3 rings (SSSR count). The van der Waals surface area contributed by atoms with Gasteiger partial charge < -0.3 is 15.4 Å². The molecule has 0 saturated heterocycles. The van der Waals surface area contributed by atoms with Crippen molar-refractivity contribution < 1.29 is 9.53 Å². The van der Waals surface area contributed by atoms with Gasteiger partial charge in [0.1, 0.15) is 5.82 Å². The Morgan fingerprint density at radius 2 is 1.88 bits per heavy atom. The van der Waals surface area contributed by atoms with E-state index in [2.05, 4.69) is 20.6 Å². The van der Waals surface area contributed by atoms with Crippen LogP contribution in [0, 0.1) is 0 Å². The Bertz CT molecular complexity index is 712. The molecule has 0 amide bonds. The molecule has 0 atom stereocenters. The summed E-state index contributed by atoms with van der Waals surface area (Å²) >= 11 is 0. The van der Waals surface area contributed by atoms with E-state index in [4.69, 9.17) is 4.74 Å². The fraction of sp³-hybridized carbons (Fsp3) is 0.421. The van der Waals surface area contributed by atoms with Gasteiger partial charge in [-0.2, -0.15) is 4.98 Å². The lowest BCUT2D eigenvalue weighted by molar-refractivity contribution is 0.0602. The van der Waals surface area contributed by atoms with Gasteiger partial charge in [0.25, 0.3) is 0 Å². The standard InChI is InChI=1S/C19H24N4O2/c1-25-18(24)15-10-6-7-11-16(15)22-17-12-13-20-19(23-17)21-14-8-4-2-3-5-9-14/h6-7,10-14H,2-5,8-9H2,1H3,(H2,20,21,22,23). The van der Waals surface area contributed by atoms with Gasteiger partial charge in [0.15, 0.2) is 0 Å². The van der Waals surface area contributed by atoms with Gasteiger partial charge in [-0.05, 0) is 31.0 Å². The minimum Gasteiger partial charge on any atom is -0.465 e. The van der Waals surface area contributed by atoms with Crippen LogP contribution in [0.3, 0.4) is 0 Å². The average Bonchev–Trinajstić information content (AvgIpc) is 2.90. The molecule has 132 valence electrons. The smallest absolute Gasteiger partial charge is 0.339 e. The van der Waals surface area contributed by atoms with Crippen LogP contribution in [0.1, 0.15) is 48.9 Å². The van der Waals surface area contributed by atoms with Crippen LogP contribution in [0.5, 0.6) is 0 Å². The Balaban J connectivity index is 1.73. The predicted octanol–water partition coefficient (Wildman–Crippen LogP) is 4.14. The van der Waals surface area contributed by atoms with Crippen LogP contribution < -0.4 is 10.6 Å². The van der Waals surface area contributed by atoms with E-state index in [9.17, 15) is 4.79 Å². The molecule has 25 heavy (non-hydrogen) atoms. The Kier molecular flexibility index (Phi) is 5.82. The highest BCUT2D eigenvalue weighted by Crippen LogP contribution is 2.22. The average molecular weight is 340 g/mol. The van der Waals surface area contributed by atoms with Crippen molar-refractivity contribution in [3.8, 4) is 0 Å². The molecule has 1 fully saturated rings. The maximum absolute atomic E-state index is 11.9. The number of aromatic nitrogens is 2. The van der Waals surface area contributed by atoms with E-state index in [0.717, 1.165) is 12.8 Å². The molecule has 1 aliphatic rings. The summed E-state index contributed by atoms with van der Waals surface area (Å²) in [5.41, 5.74) is 1.13. The van der Waals surface area contributed by atoms with Crippen molar-refractivity contribution in [2.24, 2.45) is 0 Å². The van der Waals surface area contributed by atoms with Crippen LogP contribution in [-0.4, -0.2) is 29.1 Å². The van der Waals surface area contributed by atoms with E-state index in [0.29, 0.717) is 29.1 Å². The van der Waals surface area contributed by atoms with Crippen LogP contribution in [0.2, 0.25) is 0 Å². The van der Waals surface area contributed by atoms with Gasteiger partial charge in [-0.3, -0.25) is 0 Å². The lowest BCUT2D eigenvalue weighted by Gasteiger charge is -2.16. The van der Waals surface area contributed by atoms with Gasteiger partial charge in [0, 0.05) is 12.2 Å². The van der Waals surface area contributed by atoms with Gasteiger partial charge in [-0.1, -0.05) is 37.8 Å². The summed E-state index contributed by atoms with van der Waals surface area (Å²) in [5, 5.41) is 6.63. The van der Waals surface area contributed by atoms with Crippen LogP contribution in [-0.2, 0) is 4.74 Å². The first-order valence-electron chi connectivity index (χ1n) is 8.80. The third-order valence-electron chi connectivity index (χ3n) is 4.44. The Morgan fingerprint density at radius 1 is 1.12 bits per heavy atom. The van der Waals surface area contributed by atoms with E-state index >= 15 is 0 Å². The monoisotopic (exact) mass is 340 g/mol. The molecule has 2 aromatic rings. The summed E-state index contributed by atoms with van der Waals surface area (Å²) in [7, 11) is 1.37. The highest BCUT2D eigenvalue weighted by Gasteiger charge is 2.14. The number of hydrogen-bond acceptors (Lipinski definition) is 6. The number of benzene rings is 1. The fourth-order valence-electron chi connectivity index (χ4n) is 3.12. The normalized spacial score (nSPS) is 15.2. The summed E-state index contributed by atoms with van der Waals surface area (Å²) in [5.74, 6) is 0.879. The van der Waals surface area contributed by atoms with Gasteiger partial charge in [-0.25, -0.2) is 9.78 Å². The van der Waals surface area contributed by atoms with Crippen LogP contribution in [0.15, 0.2) is 36.5 Å². The summed E-state index contributed by atoms with van der Waals surface area (Å²) in [4.78, 5) is 20.7. The highest BCUT2D eigenvalue weighted by molar-refractivity contribution is 5.96. The van der Waals surface area contributed by atoms with E-state index in [1.54, 1.807) is 24.4 Å². The molecule has 1 aliphatic carbocycles. The zero-order valence-corrected chi connectivity index (χ0v) is 14.5. The molecule has 1 saturated carbocycles. The second-order valence-corrected chi connectivity index (χ2v) is 6.26. The number of esters is 1. The molecule has 0 radical (unpaired) electrons. The molecule has 6 heteroatoms. The van der Waals surface area contributed by atoms with E-state index in [1.165, 1.54) is 32.8 Å². The molecular formula is C19H24N4O2. The van der Waals surface area contributed by atoms with Crippen molar-refractivity contribution in [2.45, 2.75) is 44.6 Å². The SMILES string of the molecule is COC(=O)c1ccccc1Nc1ccnc(NC2CCCCCC2)n1. The second-order valence-electron chi connectivity index (χ2n) is 6.26. The Labute approximate surface area is 148 Å². The van der Waals surface area contributed by atoms with Gasteiger partial charge in [0.05, 0.1) is 18.4 Å². The molecule has 1 heterocycles. The van der Waals surface area contributed by atoms with Crippen molar-refractivity contribution in [3.63, 3.8) is 0 Å². The topological polar surface area (TPSA) is 76.1 Å². The molecule has 6 nitrogen and oxygen atoms in total. The molecular weight excluding hydrogens is 316 g/mol. The second kappa shape index (κ2) is 8.46. The minimum atomic E-state index is -0.381. The van der Waals surface area contributed by atoms with Gasteiger partial charge in [-0.15, -0.1) is 0 Å². The molecule has 2 N–H and O–H groups in total. The van der Waals surface area contributed by atoms with E-state index in [-0.39, 0.29) is 5.97 Å². The van der Waals surface area contributed by atoms with Crippen molar-refractivity contribution in [1.29, 1.82) is 0 Å². The first kappa shape index (κ1) is 17.2. The predicted molar refractivity (Wildman–Crippen MR) is 98.2 cm³/mol. The van der Waals surface area contributed by atoms with Gasteiger partial charge in [0.2, 0.25) is 5.95 Å². The number of methoxy groups -OCH3 is 1. The maximum atomic E-state index is 11.9. The summed E-state index contributed by atoms with van der Waals surface area (Å²) in [6.07, 6.45) is 9.16. The molecule has 0 spiro atoms. The summed E-state index contributed by atoms with van der Waals surface area (Å²) < 4.78 is 4.83. The zero-order chi connectivity index (χ0) is 17.5. The number of nitrogens with one attached hydrogen (secondary N) is 2. The number of rotatable bonds is 5. The minimum absolute atomic E-state index is 0.381. The number of para-hydroxylation sites is 1. The first-order valence-corrected chi connectivity index (χ1v) is 8.80. The highest BCUT2D eigenvalue weighted by atomic mass is 16.5. The Morgan fingerprint density at radius 3 is 2.64 bits per heavy atom. The number of ether oxygens (including phenoxy) is 1.